The van der Waals surface area contributed by atoms with Gasteiger partial charge in [-0.2, -0.15) is 4.31 Å². The summed E-state index contributed by atoms with van der Waals surface area (Å²) in [6, 6.07) is 3.65. The summed E-state index contributed by atoms with van der Waals surface area (Å²) < 4.78 is 26.9. The van der Waals surface area contributed by atoms with E-state index in [9.17, 15) is 8.42 Å². The van der Waals surface area contributed by atoms with E-state index in [0.29, 0.717) is 16.7 Å². The summed E-state index contributed by atoms with van der Waals surface area (Å²) in [4.78, 5) is 1.08. The highest BCUT2D eigenvalue weighted by molar-refractivity contribution is 7.91. The number of thiophene rings is 1. The van der Waals surface area contributed by atoms with Crippen LogP contribution in [0, 0.1) is 5.92 Å². The summed E-state index contributed by atoms with van der Waals surface area (Å²) in [6.07, 6.45) is 4.65. The third kappa shape index (κ3) is 3.81. The first kappa shape index (κ1) is 15.9. The molecule has 0 bridgehead atoms. The van der Waals surface area contributed by atoms with Gasteiger partial charge in [0.1, 0.15) is 4.21 Å². The van der Waals surface area contributed by atoms with Crippen molar-refractivity contribution in [2.75, 3.05) is 20.1 Å². The van der Waals surface area contributed by atoms with E-state index in [4.69, 9.17) is 0 Å². The molecule has 0 spiro atoms. The second-order valence-corrected chi connectivity index (χ2v) is 8.92. The zero-order chi connectivity index (χ0) is 14.6. The van der Waals surface area contributed by atoms with Crippen molar-refractivity contribution in [2.45, 2.75) is 43.4 Å². The molecule has 1 N–H and O–H groups in total. The second kappa shape index (κ2) is 7.02. The Balaban J connectivity index is 1.97. The van der Waals surface area contributed by atoms with E-state index in [-0.39, 0.29) is 0 Å². The van der Waals surface area contributed by atoms with Crippen LogP contribution in [0.1, 0.15) is 37.5 Å². The predicted molar refractivity (Wildman–Crippen MR) is 83.5 cm³/mol. The van der Waals surface area contributed by atoms with Crippen molar-refractivity contribution >= 4 is 21.4 Å². The van der Waals surface area contributed by atoms with Crippen molar-refractivity contribution in [1.29, 1.82) is 0 Å². The Morgan fingerprint density at radius 3 is 2.75 bits per heavy atom. The smallest absolute Gasteiger partial charge is 0.252 e. The fraction of sp³-hybridized carbons (Fsp3) is 0.714. The minimum Gasteiger partial charge on any atom is -0.312 e. The van der Waals surface area contributed by atoms with Crippen LogP contribution < -0.4 is 5.32 Å². The molecule has 0 saturated heterocycles. The van der Waals surface area contributed by atoms with Crippen molar-refractivity contribution < 1.29 is 8.42 Å². The van der Waals surface area contributed by atoms with E-state index < -0.39 is 10.0 Å². The maximum atomic E-state index is 12.5. The number of hydrogen-bond acceptors (Lipinski definition) is 4. The van der Waals surface area contributed by atoms with Crippen LogP contribution in [0.4, 0.5) is 0 Å². The first-order valence-electron chi connectivity index (χ1n) is 7.29. The lowest BCUT2D eigenvalue weighted by atomic mass is 9.86. The van der Waals surface area contributed by atoms with Crippen LogP contribution in [0.5, 0.6) is 0 Å². The standard InChI is InChI=1S/C14H24N2O2S2/c1-3-9-15-10-13-7-8-14(19-13)20(17,18)16(2)11-12-5-4-6-12/h7-8,12,15H,3-6,9-11H2,1-2H3. The quantitative estimate of drug-likeness (QED) is 0.750. The molecular weight excluding hydrogens is 292 g/mol. The second-order valence-electron chi connectivity index (χ2n) is 5.48. The fourth-order valence-electron chi connectivity index (χ4n) is 2.27. The number of hydrogen-bond donors (Lipinski definition) is 1. The van der Waals surface area contributed by atoms with Crippen molar-refractivity contribution in [1.82, 2.24) is 9.62 Å². The van der Waals surface area contributed by atoms with Crippen LogP contribution >= 0.6 is 11.3 Å². The lowest BCUT2D eigenvalue weighted by molar-refractivity contribution is 0.263. The summed E-state index contributed by atoms with van der Waals surface area (Å²) in [7, 11) is -1.60. The van der Waals surface area contributed by atoms with E-state index in [1.54, 1.807) is 13.1 Å². The molecule has 0 aromatic carbocycles. The van der Waals surface area contributed by atoms with Gasteiger partial charge in [-0.25, -0.2) is 8.42 Å². The zero-order valence-corrected chi connectivity index (χ0v) is 13.9. The molecule has 4 nitrogen and oxygen atoms in total. The van der Waals surface area contributed by atoms with Crippen LogP contribution in [0.2, 0.25) is 0 Å². The molecule has 6 heteroatoms. The summed E-state index contributed by atoms with van der Waals surface area (Å²) in [5, 5.41) is 3.30. The Morgan fingerprint density at radius 2 is 2.15 bits per heavy atom. The summed E-state index contributed by atoms with van der Waals surface area (Å²) in [5.41, 5.74) is 0. The summed E-state index contributed by atoms with van der Waals surface area (Å²) in [6.45, 7) is 4.48. The molecule has 0 atom stereocenters. The lowest BCUT2D eigenvalue weighted by Gasteiger charge is -2.29. The lowest BCUT2D eigenvalue weighted by Crippen LogP contribution is -2.33. The molecule has 20 heavy (non-hydrogen) atoms. The summed E-state index contributed by atoms with van der Waals surface area (Å²) >= 11 is 1.38. The average Bonchev–Trinajstić information content (AvgIpc) is 2.83. The van der Waals surface area contributed by atoms with Crippen LogP contribution in [0.25, 0.3) is 0 Å². The Morgan fingerprint density at radius 1 is 1.40 bits per heavy atom. The normalized spacial score (nSPS) is 16.6. The molecule has 2 rings (SSSR count). The first-order chi connectivity index (χ1) is 9.54. The topological polar surface area (TPSA) is 49.4 Å². The summed E-state index contributed by atoms with van der Waals surface area (Å²) in [5.74, 6) is 0.556. The molecule has 1 aromatic heterocycles. The van der Waals surface area contributed by atoms with E-state index in [1.807, 2.05) is 6.07 Å². The molecule has 0 amide bonds. The number of rotatable bonds is 8. The van der Waals surface area contributed by atoms with Crippen molar-refractivity contribution in [3.63, 3.8) is 0 Å². The molecule has 1 saturated carbocycles. The number of nitrogens with one attached hydrogen (secondary N) is 1. The molecule has 1 heterocycles. The highest BCUT2D eigenvalue weighted by atomic mass is 32.2. The zero-order valence-electron chi connectivity index (χ0n) is 12.3. The highest BCUT2D eigenvalue weighted by Crippen LogP contribution is 2.30. The fourth-order valence-corrected chi connectivity index (χ4v) is 5.05. The van der Waals surface area contributed by atoms with Gasteiger partial charge in [0.15, 0.2) is 0 Å². The van der Waals surface area contributed by atoms with Crippen LogP contribution in [-0.4, -0.2) is 32.9 Å². The third-order valence-corrected chi connectivity index (χ3v) is 7.14. The number of nitrogens with zero attached hydrogens (tertiary/aromatic N) is 1. The third-order valence-electron chi connectivity index (χ3n) is 3.77. The van der Waals surface area contributed by atoms with Crippen molar-refractivity contribution in [3.05, 3.63) is 17.0 Å². The van der Waals surface area contributed by atoms with Gasteiger partial charge in [-0.15, -0.1) is 11.3 Å². The van der Waals surface area contributed by atoms with E-state index in [1.165, 1.54) is 22.1 Å². The van der Waals surface area contributed by atoms with E-state index in [2.05, 4.69) is 12.2 Å². The van der Waals surface area contributed by atoms with Gasteiger partial charge in [-0.3, -0.25) is 0 Å². The van der Waals surface area contributed by atoms with Gasteiger partial charge in [0.25, 0.3) is 10.0 Å². The minimum absolute atomic E-state index is 0.465. The Kier molecular flexibility index (Phi) is 5.60. The van der Waals surface area contributed by atoms with Gasteiger partial charge in [0.2, 0.25) is 0 Å². The molecule has 114 valence electrons. The molecule has 0 unspecified atom stereocenters. The molecule has 1 aromatic rings. The Hall–Kier alpha value is -0.430. The van der Waals surface area contributed by atoms with Gasteiger partial charge < -0.3 is 5.32 Å². The van der Waals surface area contributed by atoms with Crippen LogP contribution in [-0.2, 0) is 16.6 Å². The Labute approximate surface area is 126 Å². The van der Waals surface area contributed by atoms with Gasteiger partial charge in [0, 0.05) is 25.0 Å². The maximum absolute atomic E-state index is 12.5. The molecule has 1 aliphatic rings. The molecular formula is C14H24N2O2S2. The number of sulfonamides is 1. The van der Waals surface area contributed by atoms with Gasteiger partial charge >= 0.3 is 0 Å². The highest BCUT2D eigenvalue weighted by Gasteiger charge is 2.27. The van der Waals surface area contributed by atoms with Gasteiger partial charge in [0.05, 0.1) is 0 Å². The SMILES string of the molecule is CCCNCc1ccc(S(=O)(=O)N(C)CC2CCC2)s1. The molecule has 1 fully saturated rings. The minimum atomic E-state index is -3.30. The van der Waals surface area contributed by atoms with Crippen molar-refractivity contribution in [2.24, 2.45) is 5.92 Å². The van der Waals surface area contributed by atoms with E-state index >= 15 is 0 Å². The van der Waals surface area contributed by atoms with E-state index in [0.717, 1.165) is 37.2 Å². The first-order valence-corrected chi connectivity index (χ1v) is 9.55. The average molecular weight is 316 g/mol. The van der Waals surface area contributed by atoms with Crippen molar-refractivity contribution in [3.8, 4) is 0 Å². The monoisotopic (exact) mass is 316 g/mol. The molecule has 1 aliphatic carbocycles. The predicted octanol–water partition coefficient (Wildman–Crippen LogP) is 2.67. The van der Waals surface area contributed by atoms with Gasteiger partial charge in [-0.1, -0.05) is 13.3 Å². The maximum Gasteiger partial charge on any atom is 0.252 e. The van der Waals surface area contributed by atoms with Crippen LogP contribution in [0.15, 0.2) is 16.3 Å². The Bertz CT molecular complexity index is 521. The van der Waals surface area contributed by atoms with Gasteiger partial charge in [-0.05, 0) is 43.9 Å². The molecule has 0 radical (unpaired) electrons. The largest absolute Gasteiger partial charge is 0.312 e. The molecule has 0 aliphatic heterocycles. The van der Waals surface area contributed by atoms with Crippen LogP contribution in [0.3, 0.4) is 0 Å².